The first-order valence-corrected chi connectivity index (χ1v) is 5.88. The van der Waals surface area contributed by atoms with Gasteiger partial charge in [0.15, 0.2) is 5.78 Å². The smallest absolute Gasteiger partial charge is 0.155 e. The molecular weight excluding hydrogens is 184 g/mol. The van der Waals surface area contributed by atoms with Gasteiger partial charge in [0.1, 0.15) is 0 Å². The second kappa shape index (κ2) is 3.33. The van der Waals surface area contributed by atoms with Gasteiger partial charge in [0.05, 0.1) is 0 Å². The van der Waals surface area contributed by atoms with E-state index in [2.05, 4.69) is 26.5 Å². The summed E-state index contributed by atoms with van der Waals surface area (Å²) in [6, 6.07) is 0. The Balaban J connectivity index is 2.33. The fraction of sp³-hybridized carbons (Fsp3) is 0.643. The van der Waals surface area contributed by atoms with Gasteiger partial charge in [-0.15, -0.1) is 0 Å². The van der Waals surface area contributed by atoms with E-state index < -0.39 is 0 Å². The van der Waals surface area contributed by atoms with Crippen LogP contribution in [0.1, 0.15) is 46.0 Å². The lowest BCUT2D eigenvalue weighted by Gasteiger charge is -2.45. The van der Waals surface area contributed by atoms with Crippen molar-refractivity contribution in [1.82, 2.24) is 0 Å². The summed E-state index contributed by atoms with van der Waals surface area (Å²) in [5.41, 5.74) is 1.74. The molecule has 82 valence electrons. The van der Waals surface area contributed by atoms with Gasteiger partial charge in [-0.05, 0) is 42.6 Å². The molecule has 1 fully saturated rings. The molecular formula is C14H20O. The highest BCUT2D eigenvalue weighted by atomic mass is 16.1. The molecule has 0 unspecified atom stereocenters. The molecule has 0 spiro atoms. The molecule has 0 aromatic rings. The van der Waals surface area contributed by atoms with E-state index in [0.29, 0.717) is 6.42 Å². The van der Waals surface area contributed by atoms with Gasteiger partial charge in [-0.3, -0.25) is 4.79 Å². The van der Waals surface area contributed by atoms with E-state index in [1.54, 1.807) is 6.08 Å². The third-order valence-corrected chi connectivity index (χ3v) is 4.72. The van der Waals surface area contributed by atoms with Gasteiger partial charge in [0, 0.05) is 6.42 Å². The summed E-state index contributed by atoms with van der Waals surface area (Å²) >= 11 is 0. The minimum atomic E-state index is 0.147. The second-order valence-corrected chi connectivity index (χ2v) is 5.51. The van der Waals surface area contributed by atoms with Gasteiger partial charge in [0.2, 0.25) is 0 Å². The summed E-state index contributed by atoms with van der Waals surface area (Å²) < 4.78 is 0. The molecule has 0 aliphatic heterocycles. The van der Waals surface area contributed by atoms with Crippen LogP contribution in [-0.2, 0) is 4.79 Å². The minimum Gasteiger partial charge on any atom is -0.295 e. The molecule has 0 aromatic heterocycles. The third-order valence-electron chi connectivity index (χ3n) is 4.72. The van der Waals surface area contributed by atoms with Crippen LogP contribution in [0.15, 0.2) is 24.3 Å². The SMILES string of the molecule is C=C1CCC[C@@]1(C)[C@@]1(C)C=CC(=O)CC1. The summed E-state index contributed by atoms with van der Waals surface area (Å²) in [4.78, 5) is 11.2. The molecule has 0 saturated heterocycles. The van der Waals surface area contributed by atoms with Crippen molar-refractivity contribution < 1.29 is 4.79 Å². The third kappa shape index (κ3) is 1.49. The lowest BCUT2D eigenvalue weighted by Crippen LogP contribution is -2.37. The van der Waals surface area contributed by atoms with Gasteiger partial charge < -0.3 is 0 Å². The number of carbonyl (C=O) groups excluding carboxylic acids is 1. The maximum absolute atomic E-state index is 11.2. The largest absolute Gasteiger partial charge is 0.295 e. The number of carbonyl (C=O) groups is 1. The summed E-state index contributed by atoms with van der Waals surface area (Å²) in [5, 5.41) is 0. The Morgan fingerprint density at radius 1 is 1.27 bits per heavy atom. The van der Waals surface area contributed by atoms with E-state index >= 15 is 0 Å². The van der Waals surface area contributed by atoms with Crippen molar-refractivity contribution in [2.24, 2.45) is 10.8 Å². The number of hydrogen-bond donors (Lipinski definition) is 0. The summed E-state index contributed by atoms with van der Waals surface area (Å²) in [6.07, 6.45) is 9.24. The number of ketones is 1. The van der Waals surface area contributed by atoms with E-state index in [-0.39, 0.29) is 16.6 Å². The first-order chi connectivity index (χ1) is 6.98. The van der Waals surface area contributed by atoms with Crippen LogP contribution in [0.5, 0.6) is 0 Å². The molecule has 1 nitrogen and oxygen atoms in total. The number of hydrogen-bond acceptors (Lipinski definition) is 1. The molecule has 0 N–H and O–H groups in total. The Kier molecular flexibility index (Phi) is 2.37. The van der Waals surface area contributed by atoms with E-state index in [1.165, 1.54) is 18.4 Å². The maximum atomic E-state index is 11.2. The van der Waals surface area contributed by atoms with Crippen molar-refractivity contribution in [1.29, 1.82) is 0 Å². The Bertz CT molecular complexity index is 339. The minimum absolute atomic E-state index is 0.147. The molecule has 0 radical (unpaired) electrons. The van der Waals surface area contributed by atoms with E-state index in [0.717, 1.165) is 12.8 Å². The Hall–Kier alpha value is -0.850. The average Bonchev–Trinajstić information content (AvgIpc) is 2.54. The van der Waals surface area contributed by atoms with Gasteiger partial charge in [-0.25, -0.2) is 0 Å². The Morgan fingerprint density at radius 2 is 2.00 bits per heavy atom. The second-order valence-electron chi connectivity index (χ2n) is 5.51. The van der Waals surface area contributed by atoms with Crippen LogP contribution in [0.2, 0.25) is 0 Å². The first-order valence-electron chi connectivity index (χ1n) is 5.88. The Morgan fingerprint density at radius 3 is 2.47 bits per heavy atom. The normalized spacial score (nSPS) is 41.2. The van der Waals surface area contributed by atoms with Gasteiger partial charge in [0.25, 0.3) is 0 Å². The lowest BCUT2D eigenvalue weighted by atomic mass is 9.59. The van der Waals surface area contributed by atoms with Gasteiger partial charge >= 0.3 is 0 Å². The number of rotatable bonds is 1. The van der Waals surface area contributed by atoms with Crippen molar-refractivity contribution in [2.45, 2.75) is 46.0 Å². The van der Waals surface area contributed by atoms with Gasteiger partial charge in [-0.2, -0.15) is 0 Å². The zero-order chi connectivity index (χ0) is 11.1. The first kappa shape index (κ1) is 10.7. The zero-order valence-electron chi connectivity index (χ0n) is 9.81. The van der Waals surface area contributed by atoms with Crippen molar-refractivity contribution in [3.63, 3.8) is 0 Å². The Labute approximate surface area is 92.3 Å². The number of allylic oxidation sites excluding steroid dienone is 3. The van der Waals surface area contributed by atoms with Gasteiger partial charge in [-0.1, -0.05) is 32.1 Å². The molecule has 0 aromatic carbocycles. The molecule has 15 heavy (non-hydrogen) atoms. The van der Waals surface area contributed by atoms with Crippen molar-refractivity contribution in [2.75, 3.05) is 0 Å². The highest BCUT2D eigenvalue weighted by Crippen LogP contribution is 2.57. The van der Waals surface area contributed by atoms with Crippen LogP contribution < -0.4 is 0 Å². The van der Waals surface area contributed by atoms with Crippen LogP contribution in [-0.4, -0.2) is 5.78 Å². The molecule has 2 rings (SSSR count). The molecule has 2 aliphatic carbocycles. The molecule has 2 aliphatic rings. The quantitative estimate of drug-likeness (QED) is 0.596. The topological polar surface area (TPSA) is 17.1 Å². The highest BCUT2D eigenvalue weighted by molar-refractivity contribution is 5.90. The van der Waals surface area contributed by atoms with Crippen molar-refractivity contribution >= 4 is 5.78 Å². The van der Waals surface area contributed by atoms with E-state index in [9.17, 15) is 4.79 Å². The van der Waals surface area contributed by atoms with E-state index in [4.69, 9.17) is 0 Å². The highest BCUT2D eigenvalue weighted by Gasteiger charge is 2.47. The zero-order valence-corrected chi connectivity index (χ0v) is 9.81. The molecule has 2 atom stereocenters. The standard InChI is InChI=1S/C14H20O/c1-11-5-4-8-14(11,3)13(2)9-6-12(15)7-10-13/h6,9H,1,4-5,7-8,10H2,2-3H3/t13-,14+/m0/s1. The van der Waals surface area contributed by atoms with Crippen LogP contribution in [0, 0.1) is 10.8 Å². The molecule has 0 amide bonds. The monoisotopic (exact) mass is 204 g/mol. The predicted molar refractivity (Wildman–Crippen MR) is 62.6 cm³/mol. The van der Waals surface area contributed by atoms with Crippen molar-refractivity contribution in [3.8, 4) is 0 Å². The van der Waals surface area contributed by atoms with Crippen LogP contribution in [0.4, 0.5) is 0 Å². The summed E-state index contributed by atoms with van der Waals surface area (Å²) in [7, 11) is 0. The molecule has 0 bridgehead atoms. The fourth-order valence-electron chi connectivity index (χ4n) is 3.08. The summed E-state index contributed by atoms with van der Waals surface area (Å²) in [6.45, 7) is 8.83. The maximum Gasteiger partial charge on any atom is 0.155 e. The predicted octanol–water partition coefficient (Wildman–Crippen LogP) is 3.66. The fourth-order valence-corrected chi connectivity index (χ4v) is 3.08. The molecule has 1 heteroatoms. The average molecular weight is 204 g/mol. The lowest BCUT2D eigenvalue weighted by molar-refractivity contribution is -0.116. The van der Waals surface area contributed by atoms with Crippen LogP contribution >= 0.6 is 0 Å². The van der Waals surface area contributed by atoms with Crippen molar-refractivity contribution in [3.05, 3.63) is 24.3 Å². The molecule has 0 heterocycles. The van der Waals surface area contributed by atoms with E-state index in [1.807, 2.05) is 0 Å². The summed E-state index contributed by atoms with van der Waals surface area (Å²) in [5.74, 6) is 0.277. The molecule has 1 saturated carbocycles. The van der Waals surface area contributed by atoms with Crippen LogP contribution in [0.3, 0.4) is 0 Å². The van der Waals surface area contributed by atoms with Crippen LogP contribution in [0.25, 0.3) is 0 Å².